The Balaban J connectivity index is 1.52. The molecule has 1 N–H and O–H groups in total. The molecular formula is C19H16BrFN4O2. The minimum absolute atomic E-state index is 0.201. The monoisotopic (exact) mass is 430 g/mol. The van der Waals surface area contributed by atoms with E-state index in [-0.39, 0.29) is 30.1 Å². The fraction of sp³-hybridized carbons (Fsp3) is 0.211. The summed E-state index contributed by atoms with van der Waals surface area (Å²) in [6, 6.07) is 11.8. The number of amides is 1. The summed E-state index contributed by atoms with van der Waals surface area (Å²) < 4.78 is 21.4. The first kappa shape index (κ1) is 17.8. The Kier molecular flexibility index (Phi) is 4.75. The average molecular weight is 431 g/mol. The number of halogens is 2. The summed E-state index contributed by atoms with van der Waals surface area (Å²) in [4.78, 5) is 12.6. The summed E-state index contributed by atoms with van der Waals surface area (Å²) in [5.41, 5.74) is 3.45. The number of anilines is 1. The van der Waals surface area contributed by atoms with Crippen LogP contribution < -0.4 is 5.32 Å². The van der Waals surface area contributed by atoms with Crippen molar-refractivity contribution in [1.82, 2.24) is 15.0 Å². The Morgan fingerprint density at radius 2 is 2.07 bits per heavy atom. The molecule has 1 aromatic heterocycles. The van der Waals surface area contributed by atoms with Gasteiger partial charge in [-0.15, -0.1) is 5.10 Å². The van der Waals surface area contributed by atoms with Gasteiger partial charge in [0.15, 0.2) is 5.69 Å². The van der Waals surface area contributed by atoms with Crippen LogP contribution in [0, 0.1) is 12.7 Å². The van der Waals surface area contributed by atoms with Crippen LogP contribution in [0.1, 0.15) is 33.4 Å². The Morgan fingerprint density at radius 1 is 1.30 bits per heavy atom. The second-order valence-corrected chi connectivity index (χ2v) is 7.21. The standard InChI is InChI=1S/C19H16BrFN4O2/c1-11-2-7-15(14(20)8-11)22-19(26)18-16-10-27-17(9-25(16)24-23-18)12-3-5-13(21)6-4-12/h2-8,17H,9-10H2,1H3,(H,22,26)/t17-/m1/s1. The molecule has 1 amide bonds. The van der Waals surface area contributed by atoms with Crippen LogP contribution in [-0.2, 0) is 17.9 Å². The summed E-state index contributed by atoms with van der Waals surface area (Å²) >= 11 is 3.45. The fourth-order valence-corrected chi connectivity index (χ4v) is 3.56. The van der Waals surface area contributed by atoms with E-state index in [1.165, 1.54) is 12.1 Å². The highest BCUT2D eigenvalue weighted by Gasteiger charge is 2.28. The predicted octanol–water partition coefficient (Wildman–Crippen LogP) is 4.01. The zero-order chi connectivity index (χ0) is 19.0. The second-order valence-electron chi connectivity index (χ2n) is 6.36. The molecule has 1 atom stereocenters. The van der Waals surface area contributed by atoms with E-state index in [1.807, 2.05) is 25.1 Å². The predicted molar refractivity (Wildman–Crippen MR) is 101 cm³/mol. The van der Waals surface area contributed by atoms with Gasteiger partial charge in [0.1, 0.15) is 11.9 Å². The summed E-state index contributed by atoms with van der Waals surface area (Å²) in [5.74, 6) is -0.637. The van der Waals surface area contributed by atoms with Crippen molar-refractivity contribution in [2.75, 3.05) is 5.32 Å². The summed E-state index contributed by atoms with van der Waals surface area (Å²) in [5, 5.41) is 11.0. The highest BCUT2D eigenvalue weighted by atomic mass is 79.9. The number of aryl methyl sites for hydroxylation is 1. The highest BCUT2D eigenvalue weighted by Crippen LogP contribution is 2.28. The number of carbonyl (C=O) groups is 1. The molecule has 0 saturated heterocycles. The molecular weight excluding hydrogens is 415 g/mol. The number of ether oxygens (including phenoxy) is 1. The number of aromatic nitrogens is 3. The molecule has 2 heterocycles. The van der Waals surface area contributed by atoms with Gasteiger partial charge in [0.25, 0.3) is 5.91 Å². The van der Waals surface area contributed by atoms with Crippen molar-refractivity contribution in [3.05, 3.63) is 75.3 Å². The SMILES string of the molecule is Cc1ccc(NC(=O)c2nnn3c2CO[C@@H](c2ccc(F)cc2)C3)c(Br)c1. The molecule has 0 saturated carbocycles. The third-order valence-corrected chi connectivity index (χ3v) is 5.08. The molecule has 0 bridgehead atoms. The molecule has 1 aliphatic rings. The second kappa shape index (κ2) is 7.21. The minimum atomic E-state index is -0.343. The lowest BCUT2D eigenvalue weighted by atomic mass is 10.1. The number of benzene rings is 2. The molecule has 4 rings (SSSR count). The van der Waals surface area contributed by atoms with Crippen molar-refractivity contribution >= 4 is 27.5 Å². The number of carbonyl (C=O) groups excluding carboxylic acids is 1. The molecule has 0 fully saturated rings. The maximum absolute atomic E-state index is 13.1. The van der Waals surface area contributed by atoms with Gasteiger partial charge >= 0.3 is 0 Å². The van der Waals surface area contributed by atoms with Crippen LogP contribution in [0.25, 0.3) is 0 Å². The topological polar surface area (TPSA) is 69.0 Å². The molecule has 8 heteroatoms. The van der Waals surface area contributed by atoms with Crippen LogP contribution in [0.5, 0.6) is 0 Å². The lowest BCUT2D eigenvalue weighted by Crippen LogP contribution is -2.24. The molecule has 0 radical (unpaired) electrons. The van der Waals surface area contributed by atoms with Crippen molar-refractivity contribution in [2.45, 2.75) is 26.2 Å². The van der Waals surface area contributed by atoms with Crippen LogP contribution in [0.3, 0.4) is 0 Å². The molecule has 138 valence electrons. The maximum Gasteiger partial charge on any atom is 0.278 e. The molecule has 6 nitrogen and oxygen atoms in total. The summed E-state index contributed by atoms with van der Waals surface area (Å²) in [6.45, 7) is 2.59. The first-order chi connectivity index (χ1) is 13.0. The average Bonchev–Trinajstić information content (AvgIpc) is 3.08. The summed E-state index contributed by atoms with van der Waals surface area (Å²) in [6.07, 6.45) is -0.262. The first-order valence-corrected chi connectivity index (χ1v) is 9.17. The van der Waals surface area contributed by atoms with E-state index >= 15 is 0 Å². The lowest BCUT2D eigenvalue weighted by Gasteiger charge is -2.24. The van der Waals surface area contributed by atoms with Crippen molar-refractivity contribution in [1.29, 1.82) is 0 Å². The summed E-state index contributed by atoms with van der Waals surface area (Å²) in [7, 11) is 0. The lowest BCUT2D eigenvalue weighted by molar-refractivity contribution is -0.00174. The van der Waals surface area contributed by atoms with Gasteiger partial charge in [0, 0.05) is 4.47 Å². The minimum Gasteiger partial charge on any atom is -0.365 e. The van der Waals surface area contributed by atoms with E-state index in [1.54, 1.807) is 16.8 Å². The Morgan fingerprint density at radius 3 is 2.81 bits per heavy atom. The van der Waals surface area contributed by atoms with Crippen LogP contribution >= 0.6 is 15.9 Å². The van der Waals surface area contributed by atoms with Gasteiger partial charge in [-0.1, -0.05) is 23.4 Å². The number of fused-ring (bicyclic) bond motifs is 1. The fourth-order valence-electron chi connectivity index (χ4n) is 2.97. The van der Waals surface area contributed by atoms with E-state index < -0.39 is 0 Å². The van der Waals surface area contributed by atoms with Gasteiger partial charge in [-0.3, -0.25) is 4.79 Å². The number of nitrogens with one attached hydrogen (secondary N) is 1. The molecule has 0 aliphatic carbocycles. The van der Waals surface area contributed by atoms with Crippen LogP contribution in [-0.4, -0.2) is 20.9 Å². The highest BCUT2D eigenvalue weighted by molar-refractivity contribution is 9.10. The Bertz CT molecular complexity index is 1000. The number of rotatable bonds is 3. The number of hydrogen-bond donors (Lipinski definition) is 1. The third-order valence-electron chi connectivity index (χ3n) is 4.43. The maximum atomic E-state index is 13.1. The van der Waals surface area contributed by atoms with Crippen molar-refractivity contribution in [3.8, 4) is 0 Å². The third kappa shape index (κ3) is 3.63. The van der Waals surface area contributed by atoms with E-state index in [0.717, 1.165) is 15.6 Å². The van der Waals surface area contributed by atoms with E-state index in [9.17, 15) is 9.18 Å². The van der Waals surface area contributed by atoms with Gasteiger partial charge in [-0.25, -0.2) is 9.07 Å². The molecule has 0 spiro atoms. The van der Waals surface area contributed by atoms with E-state index in [0.29, 0.717) is 17.9 Å². The van der Waals surface area contributed by atoms with E-state index in [4.69, 9.17) is 4.74 Å². The number of hydrogen-bond acceptors (Lipinski definition) is 4. The largest absolute Gasteiger partial charge is 0.365 e. The van der Waals surface area contributed by atoms with Crippen molar-refractivity contribution in [3.63, 3.8) is 0 Å². The van der Waals surface area contributed by atoms with Crippen LogP contribution in [0.4, 0.5) is 10.1 Å². The van der Waals surface area contributed by atoms with Gasteiger partial charge in [0.05, 0.1) is 24.5 Å². The van der Waals surface area contributed by atoms with Crippen molar-refractivity contribution < 1.29 is 13.9 Å². The Hall–Kier alpha value is -2.58. The van der Waals surface area contributed by atoms with Crippen LogP contribution in [0.2, 0.25) is 0 Å². The Labute approximate surface area is 163 Å². The normalized spacial score (nSPS) is 16.0. The quantitative estimate of drug-likeness (QED) is 0.681. The smallest absolute Gasteiger partial charge is 0.278 e. The van der Waals surface area contributed by atoms with Gasteiger partial charge in [-0.2, -0.15) is 0 Å². The first-order valence-electron chi connectivity index (χ1n) is 8.38. The van der Waals surface area contributed by atoms with E-state index in [2.05, 4.69) is 31.6 Å². The molecule has 1 aliphatic heterocycles. The number of nitrogens with zero attached hydrogens (tertiary/aromatic N) is 3. The molecule has 0 unspecified atom stereocenters. The zero-order valence-electron chi connectivity index (χ0n) is 14.4. The van der Waals surface area contributed by atoms with Gasteiger partial charge in [-0.05, 0) is 58.2 Å². The molecule has 3 aromatic rings. The van der Waals surface area contributed by atoms with Gasteiger partial charge < -0.3 is 10.1 Å². The molecule has 27 heavy (non-hydrogen) atoms. The zero-order valence-corrected chi connectivity index (χ0v) is 16.0. The molecule has 2 aromatic carbocycles. The van der Waals surface area contributed by atoms with Crippen molar-refractivity contribution in [2.24, 2.45) is 0 Å². The van der Waals surface area contributed by atoms with Crippen LogP contribution in [0.15, 0.2) is 46.9 Å². The van der Waals surface area contributed by atoms with Gasteiger partial charge in [0.2, 0.25) is 0 Å².